The maximum atomic E-state index is 13.8. The Balaban J connectivity index is 2.96. The van der Waals surface area contributed by atoms with Gasteiger partial charge in [0.05, 0.1) is 12.7 Å². The first-order valence-corrected chi connectivity index (χ1v) is 5.79. The Bertz CT molecular complexity index is 366. The summed E-state index contributed by atoms with van der Waals surface area (Å²) in [4.78, 5) is 0. The average Bonchev–Trinajstić information content (AvgIpc) is 2.28. The van der Waals surface area contributed by atoms with Crippen molar-refractivity contribution in [3.05, 3.63) is 29.6 Å². The van der Waals surface area contributed by atoms with Crippen LogP contribution in [0.15, 0.2) is 18.2 Å². The number of benzene rings is 1. The lowest BCUT2D eigenvalue weighted by atomic mass is 9.94. The third-order valence-corrected chi connectivity index (χ3v) is 2.63. The fraction of sp³-hybridized carbons (Fsp3) is 0.538. The molecule has 0 aliphatic carbocycles. The summed E-state index contributed by atoms with van der Waals surface area (Å²) in [6.45, 7) is 4.69. The molecule has 0 spiro atoms. The van der Waals surface area contributed by atoms with Crippen LogP contribution >= 0.6 is 0 Å². The van der Waals surface area contributed by atoms with Crippen molar-refractivity contribution in [3.8, 4) is 5.75 Å². The molecule has 1 aromatic rings. The molecular weight excluding hydrogens is 221 g/mol. The molecule has 96 valence electrons. The summed E-state index contributed by atoms with van der Waals surface area (Å²) >= 11 is 0. The van der Waals surface area contributed by atoms with Gasteiger partial charge in [0.1, 0.15) is 17.2 Å². The third kappa shape index (κ3) is 3.41. The van der Waals surface area contributed by atoms with Crippen molar-refractivity contribution >= 4 is 0 Å². The number of ether oxygens (including phenoxy) is 1. The van der Waals surface area contributed by atoms with Gasteiger partial charge in [-0.1, -0.05) is 13.0 Å². The normalized spacial score (nSPS) is 14.4. The number of halogens is 1. The van der Waals surface area contributed by atoms with Crippen LogP contribution in [0, 0.1) is 5.82 Å². The van der Waals surface area contributed by atoms with E-state index in [2.05, 4.69) is 5.32 Å². The van der Waals surface area contributed by atoms with Crippen LogP contribution in [0.25, 0.3) is 0 Å². The van der Waals surface area contributed by atoms with Crippen LogP contribution in [-0.2, 0) is 5.60 Å². The van der Waals surface area contributed by atoms with E-state index < -0.39 is 11.4 Å². The van der Waals surface area contributed by atoms with Crippen LogP contribution in [0.2, 0.25) is 0 Å². The minimum atomic E-state index is -1.29. The van der Waals surface area contributed by atoms with E-state index in [0.717, 1.165) is 13.0 Å². The first kappa shape index (κ1) is 13.9. The van der Waals surface area contributed by atoms with Gasteiger partial charge in [-0.15, -0.1) is 0 Å². The fourth-order valence-electron chi connectivity index (χ4n) is 1.79. The summed E-state index contributed by atoms with van der Waals surface area (Å²) in [5.41, 5.74) is -1.09. The van der Waals surface area contributed by atoms with Crippen molar-refractivity contribution in [2.24, 2.45) is 0 Å². The lowest BCUT2D eigenvalue weighted by Gasteiger charge is -2.26. The van der Waals surface area contributed by atoms with Crippen LogP contribution in [0.1, 0.15) is 25.8 Å². The quantitative estimate of drug-likeness (QED) is 0.749. The Hall–Kier alpha value is -1.13. The molecule has 1 rings (SSSR count). The monoisotopic (exact) mass is 241 g/mol. The van der Waals surface area contributed by atoms with Crippen LogP contribution < -0.4 is 10.1 Å². The van der Waals surface area contributed by atoms with Crippen molar-refractivity contribution in [1.82, 2.24) is 5.32 Å². The first-order chi connectivity index (χ1) is 8.03. The second kappa shape index (κ2) is 5.98. The maximum absolute atomic E-state index is 13.8. The third-order valence-electron chi connectivity index (χ3n) is 2.63. The fourth-order valence-corrected chi connectivity index (χ4v) is 1.79. The number of hydrogen-bond acceptors (Lipinski definition) is 3. The number of nitrogens with one attached hydrogen (secondary N) is 1. The standard InChI is InChI=1S/C13H20FNO2/c1-4-8-15-9-13(2,16)12-10(14)6-5-7-11(12)17-3/h5-7,15-16H,4,8-9H2,1-3H3. The van der Waals surface area contributed by atoms with Crippen molar-refractivity contribution in [1.29, 1.82) is 0 Å². The average molecular weight is 241 g/mol. The van der Waals surface area contributed by atoms with Gasteiger partial charge in [-0.05, 0) is 32.0 Å². The van der Waals surface area contributed by atoms with Gasteiger partial charge in [0.2, 0.25) is 0 Å². The number of rotatable bonds is 6. The van der Waals surface area contributed by atoms with Crippen LogP contribution in [0.4, 0.5) is 4.39 Å². The molecule has 0 aliphatic heterocycles. The van der Waals surface area contributed by atoms with E-state index in [1.54, 1.807) is 19.1 Å². The highest BCUT2D eigenvalue weighted by Gasteiger charge is 2.29. The second-order valence-electron chi connectivity index (χ2n) is 4.27. The molecular formula is C13H20FNO2. The summed E-state index contributed by atoms with van der Waals surface area (Å²) in [6, 6.07) is 4.53. The highest BCUT2D eigenvalue weighted by atomic mass is 19.1. The highest BCUT2D eigenvalue weighted by Crippen LogP contribution is 2.31. The predicted molar refractivity (Wildman–Crippen MR) is 65.7 cm³/mol. The van der Waals surface area contributed by atoms with Gasteiger partial charge in [0.15, 0.2) is 0 Å². The minimum Gasteiger partial charge on any atom is -0.496 e. The van der Waals surface area contributed by atoms with Crippen molar-refractivity contribution in [2.45, 2.75) is 25.9 Å². The van der Waals surface area contributed by atoms with E-state index in [1.807, 2.05) is 6.92 Å². The SMILES string of the molecule is CCCNCC(C)(O)c1c(F)cccc1OC. The van der Waals surface area contributed by atoms with Crippen molar-refractivity contribution in [2.75, 3.05) is 20.2 Å². The number of hydrogen-bond donors (Lipinski definition) is 2. The Kier molecular flexibility index (Phi) is 4.90. The maximum Gasteiger partial charge on any atom is 0.133 e. The molecule has 0 fully saturated rings. The van der Waals surface area contributed by atoms with E-state index in [-0.39, 0.29) is 12.1 Å². The van der Waals surface area contributed by atoms with Crippen LogP contribution in [0.5, 0.6) is 5.75 Å². The van der Waals surface area contributed by atoms with Gasteiger partial charge < -0.3 is 15.2 Å². The molecule has 4 heteroatoms. The van der Waals surface area contributed by atoms with E-state index >= 15 is 0 Å². The Morgan fingerprint density at radius 2 is 2.18 bits per heavy atom. The van der Waals surface area contributed by atoms with Gasteiger partial charge in [-0.2, -0.15) is 0 Å². The molecule has 2 N–H and O–H groups in total. The zero-order valence-electron chi connectivity index (χ0n) is 10.6. The highest BCUT2D eigenvalue weighted by molar-refractivity contribution is 5.39. The number of methoxy groups -OCH3 is 1. The zero-order valence-corrected chi connectivity index (χ0v) is 10.6. The molecule has 0 bridgehead atoms. The van der Waals surface area contributed by atoms with Gasteiger partial charge in [0.25, 0.3) is 0 Å². The lowest BCUT2D eigenvalue weighted by Crippen LogP contribution is -2.36. The van der Waals surface area contributed by atoms with Crippen LogP contribution in [0.3, 0.4) is 0 Å². The Labute approximate surface area is 102 Å². The first-order valence-electron chi connectivity index (χ1n) is 5.79. The van der Waals surface area contributed by atoms with Gasteiger partial charge >= 0.3 is 0 Å². The molecule has 0 heterocycles. The summed E-state index contributed by atoms with van der Waals surface area (Å²) in [6.07, 6.45) is 0.963. The van der Waals surface area contributed by atoms with Gasteiger partial charge in [-0.25, -0.2) is 4.39 Å². The zero-order chi connectivity index (χ0) is 12.9. The molecule has 17 heavy (non-hydrogen) atoms. The molecule has 0 aliphatic rings. The summed E-state index contributed by atoms with van der Waals surface area (Å²) in [5, 5.41) is 13.4. The molecule has 1 aromatic carbocycles. The lowest BCUT2D eigenvalue weighted by molar-refractivity contribution is 0.0507. The molecule has 0 aromatic heterocycles. The molecule has 0 radical (unpaired) electrons. The van der Waals surface area contributed by atoms with Crippen LogP contribution in [-0.4, -0.2) is 25.3 Å². The van der Waals surface area contributed by atoms with Crippen molar-refractivity contribution < 1.29 is 14.2 Å². The summed E-state index contributed by atoms with van der Waals surface area (Å²) in [5.74, 6) is -0.0825. The molecule has 1 atom stereocenters. The van der Waals surface area contributed by atoms with E-state index in [0.29, 0.717) is 5.75 Å². The Morgan fingerprint density at radius 3 is 2.76 bits per heavy atom. The summed E-state index contributed by atoms with van der Waals surface area (Å²) < 4.78 is 18.9. The smallest absolute Gasteiger partial charge is 0.133 e. The topological polar surface area (TPSA) is 41.5 Å². The molecule has 1 unspecified atom stereocenters. The molecule has 3 nitrogen and oxygen atoms in total. The van der Waals surface area contributed by atoms with E-state index in [1.165, 1.54) is 13.2 Å². The molecule has 0 saturated heterocycles. The molecule has 0 amide bonds. The van der Waals surface area contributed by atoms with Gasteiger partial charge in [-0.3, -0.25) is 0 Å². The minimum absolute atomic E-state index is 0.200. The predicted octanol–water partition coefficient (Wildman–Crippen LogP) is 2.04. The largest absolute Gasteiger partial charge is 0.496 e. The molecule has 0 saturated carbocycles. The Morgan fingerprint density at radius 1 is 1.47 bits per heavy atom. The number of aliphatic hydroxyl groups is 1. The van der Waals surface area contributed by atoms with E-state index in [4.69, 9.17) is 4.74 Å². The van der Waals surface area contributed by atoms with E-state index in [9.17, 15) is 9.50 Å². The summed E-state index contributed by atoms with van der Waals surface area (Å²) in [7, 11) is 1.47. The second-order valence-corrected chi connectivity index (χ2v) is 4.27. The van der Waals surface area contributed by atoms with Crippen molar-refractivity contribution in [3.63, 3.8) is 0 Å². The van der Waals surface area contributed by atoms with Gasteiger partial charge in [0, 0.05) is 6.54 Å².